The molecular weight excluding hydrogens is 359 g/mol. The highest BCUT2D eigenvalue weighted by atomic mass is 35.5. The average molecular weight is 374 g/mol. The molecular formula is C16H15Cl3N2O2. The molecule has 0 aliphatic heterocycles. The van der Waals surface area contributed by atoms with E-state index in [2.05, 4.69) is 10.6 Å². The minimum Gasteiger partial charge on any atom is -0.492 e. The molecule has 0 aliphatic rings. The Morgan fingerprint density at radius 3 is 2.61 bits per heavy atom. The van der Waals surface area contributed by atoms with Crippen LogP contribution in [0.4, 0.5) is 10.5 Å². The van der Waals surface area contributed by atoms with Gasteiger partial charge >= 0.3 is 6.03 Å². The van der Waals surface area contributed by atoms with Gasteiger partial charge in [0.25, 0.3) is 0 Å². The number of hydrogen-bond donors (Lipinski definition) is 2. The Morgan fingerprint density at radius 1 is 1.04 bits per heavy atom. The van der Waals surface area contributed by atoms with Gasteiger partial charge in [-0.3, -0.25) is 0 Å². The summed E-state index contributed by atoms with van der Waals surface area (Å²) in [4.78, 5) is 11.8. The van der Waals surface area contributed by atoms with Crippen LogP contribution in [0.2, 0.25) is 15.1 Å². The van der Waals surface area contributed by atoms with E-state index in [9.17, 15) is 4.79 Å². The summed E-state index contributed by atoms with van der Waals surface area (Å²) in [5, 5.41) is 6.84. The van der Waals surface area contributed by atoms with E-state index in [-0.39, 0.29) is 6.03 Å². The number of urea groups is 1. The van der Waals surface area contributed by atoms with Gasteiger partial charge < -0.3 is 15.4 Å². The number of para-hydroxylation sites is 1. The molecule has 0 spiro atoms. The number of carbonyl (C=O) groups excluding carboxylic acids is 1. The van der Waals surface area contributed by atoms with E-state index in [0.717, 1.165) is 0 Å². The molecule has 0 saturated carbocycles. The topological polar surface area (TPSA) is 50.4 Å². The van der Waals surface area contributed by atoms with Crippen LogP contribution in [0, 0.1) is 0 Å². The van der Waals surface area contributed by atoms with Crippen LogP contribution in [-0.2, 0) is 0 Å². The lowest BCUT2D eigenvalue weighted by Crippen LogP contribution is -2.30. The van der Waals surface area contributed by atoms with E-state index in [0.29, 0.717) is 46.1 Å². The Labute approximate surface area is 149 Å². The van der Waals surface area contributed by atoms with Gasteiger partial charge in [-0.2, -0.15) is 0 Å². The highest BCUT2D eigenvalue weighted by Crippen LogP contribution is 2.25. The fourth-order valence-corrected chi connectivity index (χ4v) is 2.30. The zero-order chi connectivity index (χ0) is 16.7. The Hall–Kier alpha value is -1.62. The second-order valence-corrected chi connectivity index (χ2v) is 5.89. The van der Waals surface area contributed by atoms with Crippen LogP contribution in [0.25, 0.3) is 0 Å². The second-order valence-electron chi connectivity index (χ2n) is 4.64. The van der Waals surface area contributed by atoms with Gasteiger partial charge in [-0.15, -0.1) is 0 Å². The third-order valence-corrected chi connectivity index (χ3v) is 3.75. The fraction of sp³-hybridized carbons (Fsp3) is 0.188. The molecule has 0 heterocycles. The third-order valence-electron chi connectivity index (χ3n) is 2.88. The number of benzene rings is 2. The lowest BCUT2D eigenvalue weighted by Gasteiger charge is -2.10. The van der Waals surface area contributed by atoms with E-state index in [1.54, 1.807) is 30.3 Å². The van der Waals surface area contributed by atoms with Gasteiger partial charge in [0.2, 0.25) is 0 Å². The monoisotopic (exact) mass is 372 g/mol. The maximum atomic E-state index is 11.8. The van der Waals surface area contributed by atoms with Crippen molar-refractivity contribution in [2.24, 2.45) is 0 Å². The predicted octanol–water partition coefficient (Wildman–Crippen LogP) is 5.24. The summed E-state index contributed by atoms with van der Waals surface area (Å²) in [6.45, 7) is 0.899. The van der Waals surface area contributed by atoms with Crippen LogP contribution in [0.15, 0.2) is 42.5 Å². The van der Waals surface area contributed by atoms with Crippen LogP contribution in [0.1, 0.15) is 6.42 Å². The summed E-state index contributed by atoms with van der Waals surface area (Å²) in [5.41, 5.74) is 0.462. The molecule has 7 heteroatoms. The van der Waals surface area contributed by atoms with Gasteiger partial charge in [-0.1, -0.05) is 46.9 Å². The molecule has 0 bridgehead atoms. The van der Waals surface area contributed by atoms with E-state index in [4.69, 9.17) is 39.5 Å². The van der Waals surface area contributed by atoms with Crippen molar-refractivity contribution in [3.05, 3.63) is 57.5 Å². The number of rotatable bonds is 6. The highest BCUT2D eigenvalue weighted by Gasteiger charge is 2.06. The zero-order valence-corrected chi connectivity index (χ0v) is 14.4. The molecule has 0 radical (unpaired) electrons. The SMILES string of the molecule is O=C(NCCCOc1ccccc1Cl)Nc1cc(Cl)ccc1Cl. The third kappa shape index (κ3) is 5.82. The van der Waals surface area contributed by atoms with Gasteiger partial charge in [-0.05, 0) is 36.8 Å². The number of amides is 2. The molecule has 2 aromatic rings. The molecule has 2 N–H and O–H groups in total. The number of carbonyl (C=O) groups is 1. The summed E-state index contributed by atoms with van der Waals surface area (Å²) >= 11 is 17.8. The Balaban J connectivity index is 1.69. The fourth-order valence-electron chi connectivity index (χ4n) is 1.78. The smallest absolute Gasteiger partial charge is 0.319 e. The van der Waals surface area contributed by atoms with Crippen LogP contribution in [0.3, 0.4) is 0 Å². The minimum absolute atomic E-state index is 0.355. The molecule has 2 amide bonds. The summed E-state index contributed by atoms with van der Waals surface area (Å²) in [6.07, 6.45) is 0.641. The molecule has 0 aliphatic carbocycles. The van der Waals surface area contributed by atoms with Crippen LogP contribution in [-0.4, -0.2) is 19.2 Å². The number of halogens is 3. The number of anilines is 1. The lowest BCUT2D eigenvalue weighted by molar-refractivity contribution is 0.250. The first kappa shape index (κ1) is 17.7. The first-order chi connectivity index (χ1) is 11.1. The molecule has 2 rings (SSSR count). The van der Waals surface area contributed by atoms with E-state index >= 15 is 0 Å². The normalized spacial score (nSPS) is 10.2. The number of hydrogen-bond acceptors (Lipinski definition) is 2. The summed E-state index contributed by atoms with van der Waals surface area (Å²) < 4.78 is 5.53. The van der Waals surface area contributed by atoms with Crippen molar-refractivity contribution in [3.8, 4) is 5.75 Å². The molecule has 2 aromatic carbocycles. The zero-order valence-electron chi connectivity index (χ0n) is 12.1. The van der Waals surface area contributed by atoms with E-state index in [1.165, 1.54) is 0 Å². The van der Waals surface area contributed by atoms with Crippen LogP contribution < -0.4 is 15.4 Å². The van der Waals surface area contributed by atoms with E-state index < -0.39 is 0 Å². The van der Waals surface area contributed by atoms with Crippen molar-refractivity contribution in [2.45, 2.75) is 6.42 Å². The van der Waals surface area contributed by atoms with Gasteiger partial charge in [0.15, 0.2) is 0 Å². The molecule has 0 aromatic heterocycles. The summed E-state index contributed by atoms with van der Waals surface area (Å²) in [7, 11) is 0. The van der Waals surface area contributed by atoms with E-state index in [1.807, 2.05) is 12.1 Å². The molecule has 0 atom stereocenters. The lowest BCUT2D eigenvalue weighted by atomic mass is 10.3. The van der Waals surface area contributed by atoms with Gasteiger partial charge in [0.1, 0.15) is 5.75 Å². The molecule has 0 fully saturated rings. The quantitative estimate of drug-likeness (QED) is 0.681. The largest absolute Gasteiger partial charge is 0.492 e. The average Bonchev–Trinajstić information content (AvgIpc) is 2.52. The van der Waals surface area contributed by atoms with Crippen molar-refractivity contribution in [1.82, 2.24) is 5.32 Å². The predicted molar refractivity (Wildman–Crippen MR) is 95.0 cm³/mol. The Kier molecular flexibility index (Phi) is 6.84. The second kappa shape index (κ2) is 8.87. The standard InChI is InChI=1S/C16H15Cl3N2O2/c17-11-6-7-12(18)14(10-11)21-16(22)20-8-3-9-23-15-5-2-1-4-13(15)19/h1-2,4-7,10H,3,8-9H2,(H2,20,21,22). The maximum Gasteiger partial charge on any atom is 0.319 e. The number of nitrogens with one attached hydrogen (secondary N) is 2. The Morgan fingerprint density at radius 2 is 1.83 bits per heavy atom. The maximum absolute atomic E-state index is 11.8. The molecule has 4 nitrogen and oxygen atoms in total. The summed E-state index contributed by atoms with van der Waals surface area (Å²) in [6, 6.07) is 11.7. The molecule has 122 valence electrons. The summed E-state index contributed by atoms with van der Waals surface area (Å²) in [5.74, 6) is 0.629. The first-order valence-electron chi connectivity index (χ1n) is 6.93. The van der Waals surface area contributed by atoms with Gasteiger partial charge in [0.05, 0.1) is 22.3 Å². The Bertz CT molecular complexity index is 680. The van der Waals surface area contributed by atoms with Crippen LogP contribution in [0.5, 0.6) is 5.75 Å². The van der Waals surface area contributed by atoms with Gasteiger partial charge in [0, 0.05) is 11.6 Å². The van der Waals surface area contributed by atoms with Crippen molar-refractivity contribution < 1.29 is 9.53 Å². The molecule has 0 unspecified atom stereocenters. The van der Waals surface area contributed by atoms with Crippen LogP contribution >= 0.6 is 34.8 Å². The van der Waals surface area contributed by atoms with Gasteiger partial charge in [-0.25, -0.2) is 4.79 Å². The molecule has 0 saturated heterocycles. The van der Waals surface area contributed by atoms with Crippen molar-refractivity contribution in [3.63, 3.8) is 0 Å². The first-order valence-corrected chi connectivity index (χ1v) is 8.07. The molecule has 23 heavy (non-hydrogen) atoms. The minimum atomic E-state index is -0.355. The van der Waals surface area contributed by atoms with Crippen molar-refractivity contribution in [1.29, 1.82) is 0 Å². The highest BCUT2D eigenvalue weighted by molar-refractivity contribution is 6.35. The van der Waals surface area contributed by atoms with Crippen molar-refractivity contribution in [2.75, 3.05) is 18.5 Å². The number of ether oxygens (including phenoxy) is 1. The van der Waals surface area contributed by atoms with Crippen molar-refractivity contribution >= 4 is 46.5 Å².